The number of aromatic nitrogens is 2. The van der Waals surface area contributed by atoms with Gasteiger partial charge in [-0.2, -0.15) is 10.4 Å². The van der Waals surface area contributed by atoms with Crippen molar-refractivity contribution in [2.75, 3.05) is 5.32 Å². The van der Waals surface area contributed by atoms with Gasteiger partial charge in [0.1, 0.15) is 0 Å². The van der Waals surface area contributed by atoms with E-state index in [1.807, 2.05) is 37.3 Å². The van der Waals surface area contributed by atoms with Crippen LogP contribution in [0.5, 0.6) is 0 Å². The van der Waals surface area contributed by atoms with E-state index < -0.39 is 5.91 Å². The van der Waals surface area contributed by atoms with E-state index >= 15 is 0 Å². The molecular weight excluding hydrogens is 302 g/mol. The van der Waals surface area contributed by atoms with Crippen molar-refractivity contribution in [3.8, 4) is 6.07 Å². The molecule has 0 aliphatic carbocycles. The van der Waals surface area contributed by atoms with Crippen LogP contribution in [-0.2, 0) is 6.42 Å². The molecule has 2 aromatic heterocycles. The summed E-state index contributed by atoms with van der Waals surface area (Å²) in [6.07, 6.45) is 4.33. The zero-order valence-electron chi connectivity index (χ0n) is 13.3. The van der Waals surface area contributed by atoms with Crippen molar-refractivity contribution in [3.63, 3.8) is 0 Å². The molecule has 3 aromatic rings. The van der Waals surface area contributed by atoms with Crippen molar-refractivity contribution >= 4 is 22.8 Å². The highest BCUT2D eigenvalue weighted by atomic mass is 16.1. The van der Waals surface area contributed by atoms with Crippen molar-refractivity contribution in [1.82, 2.24) is 9.61 Å². The van der Waals surface area contributed by atoms with Crippen LogP contribution in [-0.4, -0.2) is 15.5 Å². The Kier molecular flexibility index (Phi) is 4.17. The largest absolute Gasteiger partial charge is 0.365 e. The normalized spacial score (nSPS) is 10.5. The van der Waals surface area contributed by atoms with Crippen LogP contribution in [0.15, 0.2) is 42.7 Å². The number of nitrogens with one attached hydrogen (secondary N) is 1. The van der Waals surface area contributed by atoms with Crippen molar-refractivity contribution in [3.05, 3.63) is 59.4 Å². The zero-order valence-corrected chi connectivity index (χ0v) is 13.3. The first-order chi connectivity index (χ1) is 11.6. The molecule has 6 nitrogen and oxygen atoms in total. The van der Waals surface area contributed by atoms with Gasteiger partial charge in [-0.3, -0.25) is 4.79 Å². The molecule has 6 heteroatoms. The Morgan fingerprint density at radius 2 is 2.21 bits per heavy atom. The molecule has 1 amide bonds. The van der Waals surface area contributed by atoms with E-state index in [0.29, 0.717) is 24.1 Å². The van der Waals surface area contributed by atoms with Crippen LogP contribution in [0.2, 0.25) is 0 Å². The summed E-state index contributed by atoms with van der Waals surface area (Å²) in [6, 6.07) is 11.8. The summed E-state index contributed by atoms with van der Waals surface area (Å²) in [5.41, 5.74) is 10.2. The van der Waals surface area contributed by atoms with E-state index in [-0.39, 0.29) is 0 Å². The number of aryl methyl sites for hydroxylation is 1. The third kappa shape index (κ3) is 2.79. The molecule has 0 aliphatic heterocycles. The van der Waals surface area contributed by atoms with Crippen LogP contribution < -0.4 is 11.1 Å². The molecule has 3 rings (SSSR count). The molecule has 0 aliphatic rings. The van der Waals surface area contributed by atoms with Crippen molar-refractivity contribution in [2.45, 2.75) is 19.8 Å². The highest BCUT2D eigenvalue weighted by molar-refractivity contribution is 6.02. The molecule has 0 atom stereocenters. The minimum Gasteiger partial charge on any atom is -0.365 e. The molecule has 1 aromatic carbocycles. The fraction of sp³-hybridized carbons (Fsp3) is 0.167. The summed E-state index contributed by atoms with van der Waals surface area (Å²) < 4.78 is 1.68. The predicted molar refractivity (Wildman–Crippen MR) is 92.1 cm³/mol. The van der Waals surface area contributed by atoms with Gasteiger partial charge < -0.3 is 11.1 Å². The molecule has 2 heterocycles. The first kappa shape index (κ1) is 15.6. The van der Waals surface area contributed by atoms with E-state index in [0.717, 1.165) is 22.3 Å². The van der Waals surface area contributed by atoms with Crippen LogP contribution in [0.4, 0.5) is 11.4 Å². The maximum absolute atomic E-state index is 11.8. The number of hydrogen-bond acceptors (Lipinski definition) is 4. The number of nitrogens with zero attached hydrogens (tertiary/aromatic N) is 3. The van der Waals surface area contributed by atoms with Crippen LogP contribution in [0, 0.1) is 18.3 Å². The maximum Gasteiger partial charge on any atom is 0.252 e. The molecule has 0 saturated heterocycles. The van der Waals surface area contributed by atoms with Crippen LogP contribution >= 0.6 is 0 Å². The Morgan fingerprint density at radius 1 is 1.38 bits per heavy atom. The lowest BCUT2D eigenvalue weighted by Gasteiger charge is -2.16. The van der Waals surface area contributed by atoms with Gasteiger partial charge in [-0.05, 0) is 42.7 Å². The van der Waals surface area contributed by atoms with Crippen LogP contribution in [0.3, 0.4) is 0 Å². The zero-order chi connectivity index (χ0) is 17.1. The number of nitriles is 1. The van der Waals surface area contributed by atoms with Crippen molar-refractivity contribution < 1.29 is 4.79 Å². The first-order valence-corrected chi connectivity index (χ1v) is 7.60. The Morgan fingerprint density at radius 3 is 2.96 bits per heavy atom. The summed E-state index contributed by atoms with van der Waals surface area (Å²) in [7, 11) is 0. The van der Waals surface area contributed by atoms with Gasteiger partial charge in [0.2, 0.25) is 0 Å². The minimum atomic E-state index is -0.542. The second-order valence-corrected chi connectivity index (χ2v) is 5.52. The maximum atomic E-state index is 11.8. The van der Waals surface area contributed by atoms with Gasteiger partial charge in [-0.15, -0.1) is 0 Å². The van der Waals surface area contributed by atoms with Gasteiger partial charge in [0, 0.05) is 18.3 Å². The van der Waals surface area contributed by atoms with Crippen LogP contribution in [0.1, 0.15) is 27.9 Å². The third-order valence-corrected chi connectivity index (χ3v) is 3.99. The molecule has 0 fully saturated rings. The van der Waals surface area contributed by atoms with Gasteiger partial charge in [0.15, 0.2) is 0 Å². The number of carbonyl (C=O) groups excluding carboxylic acids is 1. The van der Waals surface area contributed by atoms with Gasteiger partial charge >= 0.3 is 0 Å². The number of benzene rings is 1. The summed E-state index contributed by atoms with van der Waals surface area (Å²) in [5, 5.41) is 16.4. The molecule has 0 bridgehead atoms. The number of primary amides is 1. The summed E-state index contributed by atoms with van der Waals surface area (Å²) in [5.74, 6) is -0.542. The number of carbonyl (C=O) groups is 1. The molecule has 120 valence electrons. The minimum absolute atomic E-state index is 0.328. The lowest BCUT2D eigenvalue weighted by atomic mass is 10.0. The topological polar surface area (TPSA) is 96.2 Å². The highest BCUT2D eigenvalue weighted by Crippen LogP contribution is 2.29. The fourth-order valence-electron chi connectivity index (χ4n) is 2.78. The second kappa shape index (κ2) is 6.42. The standard InChI is InChI=1S/C18H17N5O/c1-12-5-2-7-15(13(12)6-3-9-19)22-17-14(18(20)24)11-21-23-10-4-8-16(17)23/h2,4-5,7-8,10-11,22H,3,6H2,1H3,(H2,20,24). The SMILES string of the molecule is Cc1cccc(Nc2c(C(N)=O)cnn3cccc23)c1CCC#N. The number of hydrogen-bond donors (Lipinski definition) is 2. The first-order valence-electron chi connectivity index (χ1n) is 7.60. The average Bonchev–Trinajstić information content (AvgIpc) is 3.03. The van der Waals surface area contributed by atoms with E-state index in [2.05, 4.69) is 16.5 Å². The van der Waals surface area contributed by atoms with E-state index in [4.69, 9.17) is 11.0 Å². The van der Waals surface area contributed by atoms with Gasteiger partial charge in [0.25, 0.3) is 5.91 Å². The molecule has 24 heavy (non-hydrogen) atoms. The Balaban J connectivity index is 2.12. The molecular formula is C18H17N5O. The molecule has 3 N–H and O–H groups in total. The number of anilines is 2. The second-order valence-electron chi connectivity index (χ2n) is 5.52. The third-order valence-electron chi connectivity index (χ3n) is 3.99. The number of nitrogens with two attached hydrogens (primary N) is 1. The summed E-state index contributed by atoms with van der Waals surface area (Å²) in [6.45, 7) is 2.01. The number of fused-ring (bicyclic) bond motifs is 1. The molecule has 0 saturated carbocycles. The smallest absolute Gasteiger partial charge is 0.252 e. The van der Waals surface area contributed by atoms with E-state index in [1.54, 1.807) is 10.7 Å². The highest BCUT2D eigenvalue weighted by Gasteiger charge is 2.15. The quantitative estimate of drug-likeness (QED) is 0.755. The monoisotopic (exact) mass is 319 g/mol. The Bertz CT molecular complexity index is 952. The van der Waals surface area contributed by atoms with E-state index in [1.165, 1.54) is 6.20 Å². The number of rotatable bonds is 5. The van der Waals surface area contributed by atoms with Gasteiger partial charge in [-0.25, -0.2) is 4.52 Å². The summed E-state index contributed by atoms with van der Waals surface area (Å²) >= 11 is 0. The summed E-state index contributed by atoms with van der Waals surface area (Å²) in [4.78, 5) is 11.8. The van der Waals surface area contributed by atoms with Crippen LogP contribution in [0.25, 0.3) is 5.52 Å². The van der Waals surface area contributed by atoms with Crippen molar-refractivity contribution in [1.29, 1.82) is 5.26 Å². The molecule has 0 spiro atoms. The molecule has 0 unspecified atom stereocenters. The van der Waals surface area contributed by atoms with E-state index in [9.17, 15) is 4.79 Å². The van der Waals surface area contributed by atoms with Gasteiger partial charge in [-0.1, -0.05) is 12.1 Å². The average molecular weight is 319 g/mol. The van der Waals surface area contributed by atoms with Crippen molar-refractivity contribution in [2.24, 2.45) is 5.73 Å². The lowest BCUT2D eigenvalue weighted by Crippen LogP contribution is -2.15. The lowest BCUT2D eigenvalue weighted by molar-refractivity contribution is 0.100. The fourth-order valence-corrected chi connectivity index (χ4v) is 2.78. The Labute approximate surface area is 139 Å². The molecule has 0 radical (unpaired) electrons. The van der Waals surface area contributed by atoms with Gasteiger partial charge in [0.05, 0.1) is 29.0 Å². The number of amides is 1. The predicted octanol–water partition coefficient (Wildman–Crippen LogP) is 2.94. The Hall–Kier alpha value is -3.33.